The molecule has 0 unspecified atom stereocenters. The zero-order chi connectivity index (χ0) is 19.5. The molecule has 4 rings (SSSR count). The minimum atomic E-state index is -0.416. The van der Waals surface area contributed by atoms with Gasteiger partial charge in [-0.25, -0.2) is 9.78 Å². The number of nitrogens with zero attached hydrogens (tertiary/aromatic N) is 2. The Kier molecular flexibility index (Phi) is 4.93. The highest BCUT2D eigenvalue weighted by molar-refractivity contribution is 5.96. The van der Waals surface area contributed by atoms with E-state index in [4.69, 9.17) is 4.74 Å². The lowest BCUT2D eigenvalue weighted by Crippen LogP contribution is -2.14. The first-order valence-corrected chi connectivity index (χ1v) is 9.26. The van der Waals surface area contributed by atoms with Gasteiger partial charge in [-0.15, -0.1) is 0 Å². The monoisotopic (exact) mass is 375 g/mol. The molecule has 6 nitrogen and oxygen atoms in total. The topological polar surface area (TPSA) is 73.2 Å². The van der Waals surface area contributed by atoms with Crippen LogP contribution in [0.3, 0.4) is 0 Å². The molecule has 2 aromatic carbocycles. The maximum atomic E-state index is 12.4. The molecule has 3 aromatic rings. The second-order valence-corrected chi connectivity index (χ2v) is 7.00. The molecule has 1 saturated carbocycles. The lowest BCUT2D eigenvalue weighted by molar-refractivity contribution is -0.117. The van der Waals surface area contributed by atoms with Crippen molar-refractivity contribution in [3.8, 4) is 5.69 Å². The number of carbonyl (C=O) groups excluding carboxylic acids is 2. The molecule has 0 atom stereocenters. The minimum absolute atomic E-state index is 0.0131. The number of imidazole rings is 1. The van der Waals surface area contributed by atoms with E-state index in [-0.39, 0.29) is 18.4 Å². The summed E-state index contributed by atoms with van der Waals surface area (Å²) >= 11 is 0. The van der Waals surface area contributed by atoms with Crippen LogP contribution in [0.5, 0.6) is 0 Å². The third-order valence-electron chi connectivity index (χ3n) is 4.80. The van der Waals surface area contributed by atoms with Gasteiger partial charge in [0.15, 0.2) is 0 Å². The smallest absolute Gasteiger partial charge is 0.338 e. The van der Waals surface area contributed by atoms with Crippen molar-refractivity contribution < 1.29 is 14.3 Å². The van der Waals surface area contributed by atoms with E-state index in [1.54, 1.807) is 36.8 Å². The van der Waals surface area contributed by atoms with Crippen molar-refractivity contribution in [2.75, 3.05) is 5.32 Å². The molecule has 1 fully saturated rings. The molecule has 0 radical (unpaired) electrons. The molecular formula is C22H21N3O3. The van der Waals surface area contributed by atoms with Crippen LogP contribution in [0.1, 0.15) is 34.3 Å². The summed E-state index contributed by atoms with van der Waals surface area (Å²) in [6.45, 7) is 2.17. The Hall–Kier alpha value is -3.41. The first-order chi connectivity index (χ1) is 13.6. The Balaban J connectivity index is 1.39. The van der Waals surface area contributed by atoms with E-state index in [1.807, 2.05) is 35.9 Å². The summed E-state index contributed by atoms with van der Waals surface area (Å²) in [7, 11) is 0. The number of aromatic nitrogens is 2. The van der Waals surface area contributed by atoms with Crippen molar-refractivity contribution in [2.45, 2.75) is 26.4 Å². The summed E-state index contributed by atoms with van der Waals surface area (Å²) < 4.78 is 7.40. The molecule has 0 bridgehead atoms. The van der Waals surface area contributed by atoms with Gasteiger partial charge in [-0.3, -0.25) is 4.79 Å². The number of aryl methyl sites for hydroxylation is 1. The predicted molar refractivity (Wildman–Crippen MR) is 105 cm³/mol. The van der Waals surface area contributed by atoms with Crippen LogP contribution in [0.2, 0.25) is 0 Å². The Morgan fingerprint density at radius 3 is 2.79 bits per heavy atom. The number of hydrogen-bond acceptors (Lipinski definition) is 4. The van der Waals surface area contributed by atoms with Gasteiger partial charge in [0.25, 0.3) is 0 Å². The Morgan fingerprint density at radius 1 is 1.21 bits per heavy atom. The average molecular weight is 375 g/mol. The van der Waals surface area contributed by atoms with Crippen LogP contribution in [0, 0.1) is 12.8 Å². The average Bonchev–Trinajstić information content (AvgIpc) is 3.41. The number of esters is 1. The number of anilines is 1. The van der Waals surface area contributed by atoms with E-state index < -0.39 is 5.97 Å². The molecule has 0 aliphatic heterocycles. The van der Waals surface area contributed by atoms with Gasteiger partial charge < -0.3 is 14.6 Å². The largest absolute Gasteiger partial charge is 0.457 e. The van der Waals surface area contributed by atoms with Crippen molar-refractivity contribution >= 4 is 17.6 Å². The van der Waals surface area contributed by atoms with Gasteiger partial charge in [-0.2, -0.15) is 0 Å². The number of hydrogen-bond donors (Lipinski definition) is 1. The standard InChI is InChI=1S/C22H21N3O3/c1-15-11-20(25-10-9-23-14-25)8-7-18(15)13-28-22(27)17-3-2-4-19(12-17)24-21(26)16-5-6-16/h2-4,7-12,14,16H,5-6,13H2,1H3,(H,24,26). The summed E-state index contributed by atoms with van der Waals surface area (Å²) in [4.78, 5) is 28.4. The Morgan fingerprint density at radius 2 is 2.07 bits per heavy atom. The number of nitrogens with one attached hydrogen (secondary N) is 1. The molecule has 1 heterocycles. The van der Waals surface area contributed by atoms with Crippen LogP contribution in [0.4, 0.5) is 5.69 Å². The molecule has 28 heavy (non-hydrogen) atoms. The molecule has 1 aliphatic rings. The second-order valence-electron chi connectivity index (χ2n) is 7.00. The lowest BCUT2D eigenvalue weighted by Gasteiger charge is -2.11. The first-order valence-electron chi connectivity index (χ1n) is 9.26. The highest BCUT2D eigenvalue weighted by Gasteiger charge is 2.29. The van der Waals surface area contributed by atoms with Crippen molar-refractivity contribution in [3.05, 3.63) is 77.9 Å². The van der Waals surface area contributed by atoms with Crippen molar-refractivity contribution in [2.24, 2.45) is 5.92 Å². The van der Waals surface area contributed by atoms with E-state index in [2.05, 4.69) is 10.3 Å². The summed E-state index contributed by atoms with van der Waals surface area (Å²) in [6, 6.07) is 12.8. The summed E-state index contributed by atoms with van der Waals surface area (Å²) in [5, 5.41) is 2.85. The van der Waals surface area contributed by atoms with Gasteiger partial charge in [-0.05, 0) is 61.2 Å². The van der Waals surface area contributed by atoms with Crippen molar-refractivity contribution in [1.29, 1.82) is 0 Å². The minimum Gasteiger partial charge on any atom is -0.457 e. The Labute approximate surface area is 163 Å². The van der Waals surface area contributed by atoms with Gasteiger partial charge in [0.2, 0.25) is 5.91 Å². The molecule has 0 saturated heterocycles. The molecule has 1 amide bonds. The SMILES string of the molecule is Cc1cc(-n2ccnc2)ccc1COC(=O)c1cccc(NC(=O)C2CC2)c1. The van der Waals surface area contributed by atoms with Crippen LogP contribution in [0.15, 0.2) is 61.2 Å². The molecule has 1 N–H and O–H groups in total. The van der Waals surface area contributed by atoms with E-state index >= 15 is 0 Å². The highest BCUT2D eigenvalue weighted by atomic mass is 16.5. The van der Waals surface area contributed by atoms with E-state index in [0.717, 1.165) is 29.7 Å². The molecule has 1 aliphatic carbocycles. The highest BCUT2D eigenvalue weighted by Crippen LogP contribution is 2.30. The van der Waals surface area contributed by atoms with Crippen LogP contribution < -0.4 is 5.32 Å². The first kappa shape index (κ1) is 18.0. The lowest BCUT2D eigenvalue weighted by atomic mass is 10.1. The molecule has 6 heteroatoms. The van der Waals surface area contributed by atoms with Crippen LogP contribution >= 0.6 is 0 Å². The van der Waals surface area contributed by atoms with Crippen molar-refractivity contribution in [3.63, 3.8) is 0 Å². The third kappa shape index (κ3) is 4.11. The quantitative estimate of drug-likeness (QED) is 0.664. The number of rotatable bonds is 6. The maximum Gasteiger partial charge on any atom is 0.338 e. The molecule has 1 aromatic heterocycles. The van der Waals surface area contributed by atoms with Crippen LogP contribution in [0.25, 0.3) is 5.69 Å². The fourth-order valence-corrected chi connectivity index (χ4v) is 2.95. The molecule has 0 spiro atoms. The van der Waals surface area contributed by atoms with Crippen LogP contribution in [-0.4, -0.2) is 21.4 Å². The van der Waals surface area contributed by atoms with E-state index in [0.29, 0.717) is 11.3 Å². The summed E-state index contributed by atoms with van der Waals surface area (Å²) in [5.74, 6) is -0.288. The van der Waals surface area contributed by atoms with Gasteiger partial charge >= 0.3 is 5.97 Å². The Bertz CT molecular complexity index is 1010. The van der Waals surface area contributed by atoms with E-state index in [9.17, 15) is 9.59 Å². The van der Waals surface area contributed by atoms with Gasteiger partial charge in [0, 0.05) is 29.7 Å². The molecule has 142 valence electrons. The third-order valence-corrected chi connectivity index (χ3v) is 4.80. The predicted octanol–water partition coefficient (Wildman–Crippen LogP) is 3.89. The van der Waals surface area contributed by atoms with E-state index in [1.165, 1.54) is 0 Å². The normalized spacial score (nSPS) is 13.2. The maximum absolute atomic E-state index is 12.4. The fourth-order valence-electron chi connectivity index (χ4n) is 2.95. The second kappa shape index (κ2) is 7.68. The fraction of sp³-hybridized carbons (Fsp3) is 0.227. The zero-order valence-corrected chi connectivity index (χ0v) is 15.6. The van der Waals surface area contributed by atoms with Gasteiger partial charge in [0.05, 0.1) is 11.9 Å². The molecular weight excluding hydrogens is 354 g/mol. The van der Waals surface area contributed by atoms with Gasteiger partial charge in [0.1, 0.15) is 6.61 Å². The number of amides is 1. The zero-order valence-electron chi connectivity index (χ0n) is 15.6. The number of carbonyl (C=O) groups is 2. The van der Waals surface area contributed by atoms with Crippen molar-refractivity contribution in [1.82, 2.24) is 9.55 Å². The number of benzene rings is 2. The number of ether oxygens (including phenoxy) is 1. The van der Waals surface area contributed by atoms with Crippen LogP contribution in [-0.2, 0) is 16.1 Å². The summed E-state index contributed by atoms with van der Waals surface area (Å²) in [5.41, 5.74) is 4.01. The van der Waals surface area contributed by atoms with Gasteiger partial charge in [-0.1, -0.05) is 12.1 Å². The summed E-state index contributed by atoms with van der Waals surface area (Å²) in [6.07, 6.45) is 7.22.